The van der Waals surface area contributed by atoms with Crippen LogP contribution in [-0.2, 0) is 9.53 Å². The molecule has 1 fully saturated rings. The first kappa shape index (κ1) is 7.16. The standard InChI is InChI=1S/C5H6Cl2O2/c6-4(7)3-1-2-9-5(3)8/h3-4H,1-2H2. The fourth-order valence-corrected chi connectivity index (χ4v) is 1.20. The van der Waals surface area contributed by atoms with Crippen LogP contribution >= 0.6 is 23.2 Å². The van der Waals surface area contributed by atoms with Gasteiger partial charge in [0.15, 0.2) is 0 Å². The summed E-state index contributed by atoms with van der Waals surface area (Å²) in [7, 11) is 0. The number of alkyl halides is 2. The van der Waals surface area contributed by atoms with Crippen molar-refractivity contribution in [2.24, 2.45) is 5.92 Å². The van der Waals surface area contributed by atoms with E-state index in [1.807, 2.05) is 0 Å². The Bertz CT molecular complexity index is 124. The molecule has 1 aliphatic heterocycles. The summed E-state index contributed by atoms with van der Waals surface area (Å²) in [5, 5.41) is 0. The number of carbonyl (C=O) groups excluding carboxylic acids is 1. The molecule has 4 heteroatoms. The highest BCUT2D eigenvalue weighted by Gasteiger charge is 2.31. The molecule has 0 amide bonds. The van der Waals surface area contributed by atoms with Gasteiger partial charge in [-0.25, -0.2) is 0 Å². The van der Waals surface area contributed by atoms with Crippen molar-refractivity contribution in [2.75, 3.05) is 6.61 Å². The van der Waals surface area contributed by atoms with Crippen LogP contribution in [0.5, 0.6) is 0 Å². The van der Waals surface area contributed by atoms with Gasteiger partial charge in [0.2, 0.25) is 0 Å². The van der Waals surface area contributed by atoms with Crippen LogP contribution in [0.1, 0.15) is 6.42 Å². The minimum Gasteiger partial charge on any atom is -0.465 e. The molecule has 0 aliphatic carbocycles. The Morgan fingerprint density at radius 3 is 2.56 bits per heavy atom. The molecule has 0 N–H and O–H groups in total. The molecule has 1 heterocycles. The minimum absolute atomic E-state index is 0.273. The van der Waals surface area contributed by atoms with Crippen molar-refractivity contribution in [1.29, 1.82) is 0 Å². The van der Waals surface area contributed by atoms with Crippen LogP contribution in [0.25, 0.3) is 0 Å². The van der Waals surface area contributed by atoms with Gasteiger partial charge in [-0.1, -0.05) is 0 Å². The highest BCUT2D eigenvalue weighted by atomic mass is 35.5. The quantitative estimate of drug-likeness (QED) is 0.437. The van der Waals surface area contributed by atoms with Crippen molar-refractivity contribution in [3.05, 3.63) is 0 Å². The maximum atomic E-state index is 10.6. The first-order valence-electron chi connectivity index (χ1n) is 2.66. The molecule has 0 spiro atoms. The fourth-order valence-electron chi connectivity index (χ4n) is 0.740. The molecule has 2 nitrogen and oxygen atoms in total. The molecular formula is C5H6Cl2O2. The molecule has 0 aromatic heterocycles. The molecule has 0 aromatic carbocycles. The van der Waals surface area contributed by atoms with E-state index in [0.717, 1.165) is 0 Å². The SMILES string of the molecule is O=C1OCCC1C(Cl)Cl. The summed E-state index contributed by atoms with van der Waals surface area (Å²) in [5.41, 5.74) is 0. The second kappa shape index (κ2) is 2.76. The number of halogens is 2. The Morgan fingerprint density at radius 1 is 1.67 bits per heavy atom. The van der Waals surface area contributed by atoms with Crippen LogP contribution in [0, 0.1) is 5.92 Å². The average Bonchev–Trinajstić information content (AvgIpc) is 2.13. The van der Waals surface area contributed by atoms with Crippen LogP contribution < -0.4 is 0 Å². The summed E-state index contributed by atoms with van der Waals surface area (Å²) in [4.78, 5) is 10.0. The zero-order chi connectivity index (χ0) is 6.85. The Morgan fingerprint density at radius 2 is 2.33 bits per heavy atom. The summed E-state index contributed by atoms with van der Waals surface area (Å²) < 4.78 is 4.62. The predicted octanol–water partition coefficient (Wildman–Crippen LogP) is 1.35. The molecule has 1 saturated heterocycles. The van der Waals surface area contributed by atoms with E-state index in [4.69, 9.17) is 23.2 Å². The van der Waals surface area contributed by atoms with Gasteiger partial charge >= 0.3 is 5.97 Å². The molecule has 1 atom stereocenters. The van der Waals surface area contributed by atoms with Crippen molar-refractivity contribution in [3.63, 3.8) is 0 Å². The lowest BCUT2D eigenvalue weighted by atomic mass is 10.1. The normalized spacial score (nSPS) is 27.0. The van der Waals surface area contributed by atoms with E-state index >= 15 is 0 Å². The van der Waals surface area contributed by atoms with E-state index in [2.05, 4.69) is 4.74 Å². The lowest BCUT2D eigenvalue weighted by Crippen LogP contribution is -2.14. The molecule has 1 aliphatic rings. The summed E-state index contributed by atoms with van der Waals surface area (Å²) >= 11 is 10.9. The number of cyclic esters (lactones) is 1. The Kier molecular flexibility index (Phi) is 2.19. The van der Waals surface area contributed by atoms with Gasteiger partial charge in [0.1, 0.15) is 4.84 Å². The Balaban J connectivity index is 2.49. The Hall–Kier alpha value is 0.0500. The van der Waals surface area contributed by atoms with Crippen molar-refractivity contribution < 1.29 is 9.53 Å². The van der Waals surface area contributed by atoms with E-state index in [0.29, 0.717) is 13.0 Å². The molecule has 1 rings (SSSR count). The molecule has 1 unspecified atom stereocenters. The van der Waals surface area contributed by atoms with E-state index in [1.165, 1.54) is 0 Å². The maximum absolute atomic E-state index is 10.6. The lowest BCUT2D eigenvalue weighted by Gasteiger charge is -2.02. The maximum Gasteiger partial charge on any atom is 0.311 e. The van der Waals surface area contributed by atoms with Crippen LogP contribution in [0.3, 0.4) is 0 Å². The van der Waals surface area contributed by atoms with Crippen molar-refractivity contribution >= 4 is 29.2 Å². The van der Waals surface area contributed by atoms with Gasteiger partial charge < -0.3 is 4.74 Å². The highest BCUT2D eigenvalue weighted by Crippen LogP contribution is 2.24. The lowest BCUT2D eigenvalue weighted by molar-refractivity contribution is -0.140. The zero-order valence-corrected chi connectivity index (χ0v) is 6.15. The number of carbonyl (C=O) groups is 1. The van der Waals surface area contributed by atoms with Crippen LogP contribution in [0.4, 0.5) is 0 Å². The van der Waals surface area contributed by atoms with E-state index in [-0.39, 0.29) is 11.9 Å². The predicted molar refractivity (Wildman–Crippen MR) is 34.6 cm³/mol. The van der Waals surface area contributed by atoms with Crippen LogP contribution in [0.15, 0.2) is 0 Å². The number of esters is 1. The molecule has 0 saturated carbocycles. The van der Waals surface area contributed by atoms with E-state index in [1.54, 1.807) is 0 Å². The first-order valence-corrected chi connectivity index (χ1v) is 3.54. The van der Waals surface area contributed by atoms with Crippen molar-refractivity contribution in [3.8, 4) is 0 Å². The summed E-state index contributed by atoms with van der Waals surface area (Å²) in [6.45, 7) is 0.458. The molecule has 52 valence electrons. The second-order valence-electron chi connectivity index (χ2n) is 1.90. The summed E-state index contributed by atoms with van der Waals surface area (Å²) in [5.74, 6) is -0.571. The number of ether oxygens (including phenoxy) is 1. The topological polar surface area (TPSA) is 26.3 Å². The number of rotatable bonds is 1. The third-order valence-corrected chi connectivity index (χ3v) is 1.89. The zero-order valence-electron chi connectivity index (χ0n) is 4.64. The van der Waals surface area contributed by atoms with Gasteiger partial charge in [-0.15, -0.1) is 23.2 Å². The molecule has 0 radical (unpaired) electrons. The van der Waals surface area contributed by atoms with Crippen LogP contribution in [-0.4, -0.2) is 17.4 Å². The average molecular weight is 169 g/mol. The van der Waals surface area contributed by atoms with Gasteiger partial charge in [-0.3, -0.25) is 4.79 Å². The van der Waals surface area contributed by atoms with Gasteiger partial charge in [0.05, 0.1) is 12.5 Å². The van der Waals surface area contributed by atoms with Crippen molar-refractivity contribution in [2.45, 2.75) is 11.3 Å². The molecule has 0 aromatic rings. The highest BCUT2D eigenvalue weighted by molar-refractivity contribution is 6.45. The molecular weight excluding hydrogens is 163 g/mol. The van der Waals surface area contributed by atoms with Gasteiger partial charge in [-0.2, -0.15) is 0 Å². The summed E-state index contributed by atoms with van der Waals surface area (Å²) in [6.07, 6.45) is 0.649. The van der Waals surface area contributed by atoms with Gasteiger partial charge in [0, 0.05) is 0 Å². The van der Waals surface area contributed by atoms with E-state index < -0.39 is 4.84 Å². The van der Waals surface area contributed by atoms with Crippen molar-refractivity contribution in [1.82, 2.24) is 0 Å². The third-order valence-electron chi connectivity index (χ3n) is 1.28. The minimum atomic E-state index is -0.611. The molecule has 9 heavy (non-hydrogen) atoms. The third kappa shape index (κ3) is 1.49. The fraction of sp³-hybridized carbons (Fsp3) is 0.800. The van der Waals surface area contributed by atoms with Crippen LogP contribution in [0.2, 0.25) is 0 Å². The summed E-state index contributed by atoms with van der Waals surface area (Å²) in [6, 6.07) is 0. The van der Waals surface area contributed by atoms with Gasteiger partial charge in [-0.05, 0) is 6.42 Å². The molecule has 0 bridgehead atoms. The number of hydrogen-bond donors (Lipinski definition) is 0. The van der Waals surface area contributed by atoms with E-state index in [9.17, 15) is 4.79 Å². The first-order chi connectivity index (χ1) is 4.22. The largest absolute Gasteiger partial charge is 0.465 e. The number of hydrogen-bond acceptors (Lipinski definition) is 2. The second-order valence-corrected chi connectivity index (χ2v) is 3.06. The monoisotopic (exact) mass is 168 g/mol. The van der Waals surface area contributed by atoms with Gasteiger partial charge in [0.25, 0.3) is 0 Å². The smallest absolute Gasteiger partial charge is 0.311 e. The Labute approximate surface area is 63.1 Å².